The number of nitrogens with zero attached hydrogens (tertiary/aromatic N) is 3. The van der Waals surface area contributed by atoms with Crippen LogP contribution in [0.25, 0.3) is 10.9 Å². The second-order valence-corrected chi connectivity index (χ2v) is 8.88. The van der Waals surface area contributed by atoms with Gasteiger partial charge in [-0.3, -0.25) is 0 Å². The number of hydrogen-bond acceptors (Lipinski definition) is 2. The number of aromatic nitrogens is 2. The average molecular weight is 410 g/mol. The molecule has 3 heteroatoms. The average Bonchev–Trinajstić information content (AvgIpc) is 3.04. The minimum absolute atomic E-state index is 0.367. The van der Waals surface area contributed by atoms with Crippen molar-refractivity contribution < 1.29 is 0 Å². The summed E-state index contributed by atoms with van der Waals surface area (Å²) in [6.07, 6.45) is 4.14. The van der Waals surface area contributed by atoms with Crippen LogP contribution in [0.15, 0.2) is 60.8 Å². The lowest BCUT2D eigenvalue weighted by Gasteiger charge is -2.38. The molecule has 0 saturated heterocycles. The zero-order valence-electron chi connectivity index (χ0n) is 19.0. The quantitative estimate of drug-likeness (QED) is 0.382. The molecule has 0 radical (unpaired) electrons. The first-order valence-electron chi connectivity index (χ1n) is 11.4. The fourth-order valence-corrected chi connectivity index (χ4v) is 5.21. The molecule has 3 nitrogen and oxygen atoms in total. The lowest BCUT2D eigenvalue weighted by atomic mass is 9.91. The van der Waals surface area contributed by atoms with Gasteiger partial charge >= 0.3 is 0 Å². The monoisotopic (exact) mass is 409 g/mol. The van der Waals surface area contributed by atoms with Crippen LogP contribution in [0.5, 0.6) is 0 Å². The standard InChI is InChI=1S/C28H31N3/c1-5-26-25-9-7-6-8-23(25)15-17-30(26)28-27-24(14-16-29-28)20(3)21(4)31(27)18-22-12-10-19(2)11-13-22/h6-14,16,26H,5,15,17-18H2,1-4H3. The van der Waals surface area contributed by atoms with E-state index in [-0.39, 0.29) is 0 Å². The summed E-state index contributed by atoms with van der Waals surface area (Å²) in [5.74, 6) is 1.13. The summed E-state index contributed by atoms with van der Waals surface area (Å²) in [5.41, 5.74) is 9.54. The molecule has 0 spiro atoms. The maximum Gasteiger partial charge on any atom is 0.153 e. The number of hydrogen-bond donors (Lipinski definition) is 0. The molecule has 1 aliphatic rings. The van der Waals surface area contributed by atoms with Gasteiger partial charge in [0.1, 0.15) is 0 Å². The van der Waals surface area contributed by atoms with Gasteiger partial charge in [-0.2, -0.15) is 0 Å². The zero-order valence-corrected chi connectivity index (χ0v) is 19.0. The van der Waals surface area contributed by atoms with Gasteiger partial charge in [0.2, 0.25) is 0 Å². The SMILES string of the molecule is CCC1c2ccccc2CCN1c1nccc2c(C)c(C)n(Cc3ccc(C)cc3)c12. The fourth-order valence-electron chi connectivity index (χ4n) is 5.21. The number of aryl methyl sites for hydroxylation is 2. The van der Waals surface area contributed by atoms with Crippen LogP contribution in [-0.2, 0) is 13.0 Å². The van der Waals surface area contributed by atoms with E-state index in [1.54, 1.807) is 0 Å². The molecule has 0 amide bonds. The van der Waals surface area contributed by atoms with E-state index < -0.39 is 0 Å². The summed E-state index contributed by atoms with van der Waals surface area (Å²) in [6, 6.07) is 20.4. The highest BCUT2D eigenvalue weighted by atomic mass is 15.2. The molecule has 31 heavy (non-hydrogen) atoms. The van der Waals surface area contributed by atoms with Crippen molar-refractivity contribution >= 4 is 16.7 Å². The number of benzene rings is 2. The molecular weight excluding hydrogens is 378 g/mol. The normalized spacial score (nSPS) is 16.0. The molecule has 0 aliphatic carbocycles. The Morgan fingerprint density at radius 3 is 2.52 bits per heavy atom. The summed E-state index contributed by atoms with van der Waals surface area (Å²) in [4.78, 5) is 7.53. The van der Waals surface area contributed by atoms with Crippen molar-refractivity contribution in [3.05, 3.63) is 94.3 Å². The highest BCUT2D eigenvalue weighted by molar-refractivity contribution is 5.94. The Morgan fingerprint density at radius 1 is 0.968 bits per heavy atom. The molecule has 0 fully saturated rings. The third-order valence-electron chi connectivity index (χ3n) is 7.06. The van der Waals surface area contributed by atoms with Crippen molar-refractivity contribution in [1.29, 1.82) is 0 Å². The van der Waals surface area contributed by atoms with Crippen LogP contribution in [0.4, 0.5) is 5.82 Å². The van der Waals surface area contributed by atoms with Gasteiger partial charge in [-0.25, -0.2) is 4.98 Å². The second kappa shape index (κ2) is 7.88. The summed E-state index contributed by atoms with van der Waals surface area (Å²) in [7, 11) is 0. The molecule has 1 unspecified atom stereocenters. The predicted octanol–water partition coefficient (Wildman–Crippen LogP) is 6.52. The van der Waals surface area contributed by atoms with Crippen LogP contribution < -0.4 is 4.90 Å². The third-order valence-corrected chi connectivity index (χ3v) is 7.06. The molecule has 2 aromatic carbocycles. The first kappa shape index (κ1) is 19.9. The molecule has 0 bridgehead atoms. The number of rotatable bonds is 4. The molecule has 5 rings (SSSR count). The molecule has 0 N–H and O–H groups in total. The Bertz CT molecular complexity index is 1230. The minimum Gasteiger partial charge on any atom is -0.347 e. The molecule has 4 aromatic rings. The van der Waals surface area contributed by atoms with E-state index in [1.807, 2.05) is 6.20 Å². The van der Waals surface area contributed by atoms with E-state index >= 15 is 0 Å². The van der Waals surface area contributed by atoms with Gasteiger partial charge in [0.25, 0.3) is 0 Å². The van der Waals surface area contributed by atoms with E-state index in [9.17, 15) is 0 Å². The van der Waals surface area contributed by atoms with Crippen LogP contribution in [0.3, 0.4) is 0 Å². The van der Waals surface area contributed by atoms with Crippen LogP contribution >= 0.6 is 0 Å². The molecular formula is C28H31N3. The lowest BCUT2D eigenvalue weighted by molar-refractivity contribution is 0.562. The van der Waals surface area contributed by atoms with Crippen molar-refractivity contribution in [1.82, 2.24) is 9.55 Å². The van der Waals surface area contributed by atoms with Crippen molar-refractivity contribution in [2.45, 2.75) is 53.1 Å². The molecule has 158 valence electrons. The van der Waals surface area contributed by atoms with Gasteiger partial charge in [-0.1, -0.05) is 61.0 Å². The Labute approximate surface area is 185 Å². The van der Waals surface area contributed by atoms with Gasteiger partial charge < -0.3 is 9.47 Å². The minimum atomic E-state index is 0.367. The van der Waals surface area contributed by atoms with Crippen LogP contribution in [0.1, 0.15) is 52.9 Å². The summed E-state index contributed by atoms with van der Waals surface area (Å²) in [6.45, 7) is 10.8. The number of anilines is 1. The van der Waals surface area contributed by atoms with Crippen molar-refractivity contribution in [3.8, 4) is 0 Å². The van der Waals surface area contributed by atoms with Gasteiger partial charge in [0.05, 0.1) is 11.6 Å². The maximum atomic E-state index is 4.98. The van der Waals surface area contributed by atoms with Gasteiger partial charge in [0.15, 0.2) is 5.82 Å². The fraction of sp³-hybridized carbons (Fsp3) is 0.321. The van der Waals surface area contributed by atoms with Gasteiger partial charge in [-0.05, 0) is 61.9 Å². The first-order valence-corrected chi connectivity index (χ1v) is 11.4. The number of pyridine rings is 1. The highest BCUT2D eigenvalue weighted by Crippen LogP contribution is 2.39. The molecule has 0 saturated carbocycles. The van der Waals surface area contributed by atoms with E-state index in [1.165, 1.54) is 44.4 Å². The summed E-state index contributed by atoms with van der Waals surface area (Å²) in [5, 5.41) is 1.32. The van der Waals surface area contributed by atoms with Crippen LogP contribution in [0.2, 0.25) is 0 Å². The topological polar surface area (TPSA) is 21.1 Å². The Hall–Kier alpha value is -3.07. The van der Waals surface area contributed by atoms with Crippen molar-refractivity contribution in [3.63, 3.8) is 0 Å². The largest absolute Gasteiger partial charge is 0.347 e. The Balaban J connectivity index is 1.66. The smallest absolute Gasteiger partial charge is 0.153 e. The van der Waals surface area contributed by atoms with E-state index in [0.29, 0.717) is 6.04 Å². The van der Waals surface area contributed by atoms with Gasteiger partial charge in [-0.15, -0.1) is 0 Å². The molecule has 3 heterocycles. The van der Waals surface area contributed by atoms with Crippen LogP contribution in [0, 0.1) is 20.8 Å². The van der Waals surface area contributed by atoms with E-state index in [2.05, 4.69) is 91.8 Å². The van der Waals surface area contributed by atoms with Crippen molar-refractivity contribution in [2.75, 3.05) is 11.4 Å². The second-order valence-electron chi connectivity index (χ2n) is 8.88. The first-order chi connectivity index (χ1) is 15.1. The highest BCUT2D eigenvalue weighted by Gasteiger charge is 2.29. The Morgan fingerprint density at radius 2 is 1.74 bits per heavy atom. The van der Waals surface area contributed by atoms with E-state index in [0.717, 1.165) is 31.7 Å². The summed E-state index contributed by atoms with van der Waals surface area (Å²) < 4.78 is 2.48. The zero-order chi connectivity index (χ0) is 21.5. The van der Waals surface area contributed by atoms with E-state index in [4.69, 9.17) is 4.98 Å². The Kier molecular flexibility index (Phi) is 5.05. The molecule has 1 atom stereocenters. The van der Waals surface area contributed by atoms with Crippen LogP contribution in [-0.4, -0.2) is 16.1 Å². The third kappa shape index (κ3) is 3.33. The maximum absolute atomic E-state index is 4.98. The lowest BCUT2D eigenvalue weighted by Crippen LogP contribution is -2.36. The predicted molar refractivity (Wildman–Crippen MR) is 130 cm³/mol. The molecule has 1 aliphatic heterocycles. The summed E-state index contributed by atoms with van der Waals surface area (Å²) >= 11 is 0. The van der Waals surface area contributed by atoms with Crippen molar-refractivity contribution in [2.24, 2.45) is 0 Å². The van der Waals surface area contributed by atoms with Gasteiger partial charge in [0, 0.05) is 30.4 Å². The number of fused-ring (bicyclic) bond motifs is 2. The molecule has 2 aromatic heterocycles.